The molecule has 2 rings (SSSR count). The van der Waals surface area contributed by atoms with Crippen LogP contribution in [0.25, 0.3) is 0 Å². The molecule has 0 saturated heterocycles. The summed E-state index contributed by atoms with van der Waals surface area (Å²) in [5.74, 6) is 0.718. The first-order chi connectivity index (χ1) is 18.4. The van der Waals surface area contributed by atoms with E-state index in [0.29, 0.717) is 43.0 Å². The molecule has 2 amide bonds. The third-order valence-corrected chi connectivity index (χ3v) is 5.52. The minimum atomic E-state index is -0.00854. The van der Waals surface area contributed by atoms with Crippen LogP contribution in [0, 0.1) is 17.8 Å². The maximum atomic E-state index is 11.9. The predicted octanol–water partition coefficient (Wildman–Crippen LogP) is 7.16. The van der Waals surface area contributed by atoms with Gasteiger partial charge >= 0.3 is 0 Å². The number of amides is 2. The molecule has 0 aliphatic rings. The normalized spacial score (nSPS) is 10.3. The van der Waals surface area contributed by atoms with Gasteiger partial charge in [-0.05, 0) is 35.6 Å². The van der Waals surface area contributed by atoms with E-state index in [1.54, 1.807) is 0 Å². The molecule has 39 heavy (non-hydrogen) atoms. The second kappa shape index (κ2) is 19.7. The van der Waals surface area contributed by atoms with E-state index in [0.717, 1.165) is 17.5 Å². The molecule has 0 radical (unpaired) electrons. The number of benzene rings is 2. The van der Waals surface area contributed by atoms with E-state index in [-0.39, 0.29) is 35.2 Å². The summed E-state index contributed by atoms with van der Waals surface area (Å²) < 4.78 is 0. The van der Waals surface area contributed by atoms with Crippen molar-refractivity contribution < 1.29 is 19.2 Å². The van der Waals surface area contributed by atoms with Crippen molar-refractivity contribution in [2.45, 2.75) is 94.7 Å². The van der Waals surface area contributed by atoms with Crippen LogP contribution in [0.15, 0.2) is 48.5 Å². The Bertz CT molecular complexity index is 1040. The van der Waals surface area contributed by atoms with Crippen molar-refractivity contribution in [1.29, 1.82) is 0 Å². The molecule has 216 valence electrons. The molecule has 2 N–H and O–H groups in total. The summed E-state index contributed by atoms with van der Waals surface area (Å²) in [5, 5.41) is 5.72. The summed E-state index contributed by atoms with van der Waals surface area (Å²) in [6.07, 6.45) is 1.92. The zero-order valence-corrected chi connectivity index (χ0v) is 25.5. The van der Waals surface area contributed by atoms with Gasteiger partial charge in [0, 0.05) is 48.9 Å². The van der Waals surface area contributed by atoms with Crippen molar-refractivity contribution in [1.82, 2.24) is 10.6 Å². The van der Waals surface area contributed by atoms with E-state index in [4.69, 9.17) is 0 Å². The largest absolute Gasteiger partial charge is 0.352 e. The van der Waals surface area contributed by atoms with Crippen LogP contribution in [0.3, 0.4) is 0 Å². The summed E-state index contributed by atoms with van der Waals surface area (Å²) in [6, 6.07) is 14.9. The fourth-order valence-electron chi connectivity index (χ4n) is 3.50. The van der Waals surface area contributed by atoms with Gasteiger partial charge in [-0.1, -0.05) is 98.7 Å². The van der Waals surface area contributed by atoms with Gasteiger partial charge in [-0.15, -0.1) is 0 Å². The molecule has 0 spiro atoms. The Morgan fingerprint density at radius 3 is 1.44 bits per heavy atom. The number of hydrogen-bond acceptors (Lipinski definition) is 4. The molecular formula is C33H50N2O4. The third kappa shape index (κ3) is 15.0. The van der Waals surface area contributed by atoms with E-state index < -0.39 is 0 Å². The number of carbonyl (C=O) groups excluding carboxylic acids is 4. The van der Waals surface area contributed by atoms with Crippen LogP contribution in [0.1, 0.15) is 113 Å². The van der Waals surface area contributed by atoms with Gasteiger partial charge in [-0.2, -0.15) is 0 Å². The Morgan fingerprint density at radius 1 is 0.667 bits per heavy atom. The van der Waals surface area contributed by atoms with Gasteiger partial charge in [-0.3, -0.25) is 19.2 Å². The number of carbonyl (C=O) groups is 4. The molecule has 0 unspecified atom stereocenters. The molecule has 6 nitrogen and oxygen atoms in total. The van der Waals surface area contributed by atoms with E-state index in [2.05, 4.69) is 10.6 Å². The highest BCUT2D eigenvalue weighted by Crippen LogP contribution is 2.12. The molecule has 0 fully saturated rings. The van der Waals surface area contributed by atoms with Crippen LogP contribution in [0.5, 0.6) is 0 Å². The van der Waals surface area contributed by atoms with Gasteiger partial charge in [0.2, 0.25) is 11.8 Å². The van der Waals surface area contributed by atoms with Crippen LogP contribution in [0.4, 0.5) is 0 Å². The highest BCUT2D eigenvalue weighted by Gasteiger charge is 2.12. The predicted molar refractivity (Wildman–Crippen MR) is 161 cm³/mol. The van der Waals surface area contributed by atoms with Crippen LogP contribution in [-0.4, -0.2) is 23.4 Å². The average molecular weight is 539 g/mol. The number of rotatable bonds is 12. The number of Topliss-reactive ketones (excluding diaryl/α,β-unsaturated/α-hetero) is 2. The quantitative estimate of drug-likeness (QED) is 0.281. The van der Waals surface area contributed by atoms with Crippen molar-refractivity contribution in [2.24, 2.45) is 17.8 Å². The molecule has 0 aliphatic carbocycles. The number of nitrogens with one attached hydrogen (secondary N) is 2. The summed E-state index contributed by atoms with van der Waals surface area (Å²) in [5.41, 5.74) is 3.35. The lowest BCUT2D eigenvalue weighted by molar-refractivity contribution is -0.122. The van der Waals surface area contributed by atoms with Crippen LogP contribution < -0.4 is 10.6 Å². The first-order valence-corrected chi connectivity index (χ1v) is 14.2. The van der Waals surface area contributed by atoms with Gasteiger partial charge in [0.1, 0.15) is 0 Å². The van der Waals surface area contributed by atoms with Crippen molar-refractivity contribution >= 4 is 23.4 Å². The molecule has 0 saturated carbocycles. The molecule has 0 bridgehead atoms. The zero-order valence-electron chi connectivity index (χ0n) is 25.5. The first kappa shape index (κ1) is 35.7. The van der Waals surface area contributed by atoms with Crippen molar-refractivity contribution in [2.75, 3.05) is 0 Å². The highest BCUT2D eigenvalue weighted by atomic mass is 16.2. The Kier molecular flexibility index (Phi) is 18.1. The van der Waals surface area contributed by atoms with E-state index in [1.807, 2.05) is 111 Å². The Labute approximate surface area is 236 Å². The lowest BCUT2D eigenvalue weighted by Gasteiger charge is -2.09. The smallest absolute Gasteiger partial charge is 0.220 e. The zero-order chi connectivity index (χ0) is 30.0. The molecular weight excluding hydrogens is 488 g/mol. The number of ketones is 2. The van der Waals surface area contributed by atoms with Gasteiger partial charge in [0.15, 0.2) is 11.6 Å². The second-order valence-electron chi connectivity index (χ2n) is 10.3. The van der Waals surface area contributed by atoms with Crippen molar-refractivity contribution in [3.63, 3.8) is 0 Å². The van der Waals surface area contributed by atoms with Crippen LogP contribution in [0.2, 0.25) is 0 Å². The maximum absolute atomic E-state index is 11.9. The molecule has 2 aromatic rings. The van der Waals surface area contributed by atoms with Gasteiger partial charge in [0.05, 0.1) is 0 Å². The van der Waals surface area contributed by atoms with Crippen LogP contribution in [-0.2, 0) is 22.7 Å². The first-order valence-electron chi connectivity index (χ1n) is 14.2. The topological polar surface area (TPSA) is 92.3 Å². The molecule has 0 heterocycles. The minimum absolute atomic E-state index is 0.00469. The lowest BCUT2D eigenvalue weighted by Crippen LogP contribution is -2.24. The maximum Gasteiger partial charge on any atom is 0.220 e. The number of hydrogen-bond donors (Lipinski definition) is 2. The monoisotopic (exact) mass is 538 g/mol. The fraction of sp³-hybridized carbons (Fsp3) is 0.515. The van der Waals surface area contributed by atoms with Gasteiger partial charge in [-0.25, -0.2) is 0 Å². The standard InChI is InChI=1S/C16H23NO2.C15H21NO2.C2H6/c1-11(2)8-15(18)17-10-13-6-5-7-14(9-13)16(19)12(3)4;1-4-6-14(17)16-10-12-7-5-8-13(9-12)15(18)11(2)3;1-2/h5-7,9,11-12H,8,10H2,1-4H3,(H,17,18);5,7-9,11H,4,6,10H2,1-3H3,(H,16,17);1-2H3. The molecule has 6 heteroatoms. The van der Waals surface area contributed by atoms with E-state index in [9.17, 15) is 19.2 Å². The van der Waals surface area contributed by atoms with Crippen molar-refractivity contribution in [3.8, 4) is 0 Å². The Balaban J connectivity index is 0.000000697. The Morgan fingerprint density at radius 2 is 1.08 bits per heavy atom. The van der Waals surface area contributed by atoms with E-state index in [1.165, 1.54) is 0 Å². The fourth-order valence-corrected chi connectivity index (χ4v) is 3.50. The van der Waals surface area contributed by atoms with E-state index >= 15 is 0 Å². The van der Waals surface area contributed by atoms with Crippen LogP contribution >= 0.6 is 0 Å². The summed E-state index contributed by atoms with van der Waals surface area (Å²) >= 11 is 0. The van der Waals surface area contributed by atoms with Gasteiger partial charge in [0.25, 0.3) is 0 Å². The minimum Gasteiger partial charge on any atom is -0.352 e. The second-order valence-corrected chi connectivity index (χ2v) is 10.3. The van der Waals surface area contributed by atoms with Crippen molar-refractivity contribution in [3.05, 3.63) is 70.8 Å². The third-order valence-electron chi connectivity index (χ3n) is 5.52. The summed E-state index contributed by atoms with van der Waals surface area (Å²) in [7, 11) is 0. The molecule has 0 aromatic heterocycles. The molecule has 0 aliphatic heterocycles. The summed E-state index contributed by atoms with van der Waals surface area (Å²) in [4.78, 5) is 46.7. The summed E-state index contributed by atoms with van der Waals surface area (Å²) in [6.45, 7) is 18.5. The SMILES string of the molecule is CC.CC(C)CC(=O)NCc1cccc(C(=O)C(C)C)c1.CCCC(=O)NCc1cccc(C(=O)C(C)C)c1. The Hall–Kier alpha value is -3.28. The lowest BCUT2D eigenvalue weighted by atomic mass is 9.99. The van der Waals surface area contributed by atoms with Gasteiger partial charge < -0.3 is 10.6 Å². The molecule has 2 aromatic carbocycles. The average Bonchev–Trinajstić information content (AvgIpc) is 2.91. The molecule has 0 atom stereocenters. The highest BCUT2D eigenvalue weighted by molar-refractivity contribution is 5.98.